The quantitative estimate of drug-likeness (QED) is 0.465. The molecule has 1 rings (SSSR count). The number of carbonyl (C=O) groups excluding carboxylic acids is 1. The third-order valence-electron chi connectivity index (χ3n) is 1.78. The lowest BCUT2D eigenvalue weighted by atomic mass is 10.2. The van der Waals surface area contributed by atoms with Crippen LogP contribution in [0.25, 0.3) is 0 Å². The van der Waals surface area contributed by atoms with Crippen molar-refractivity contribution in [3.63, 3.8) is 0 Å². The summed E-state index contributed by atoms with van der Waals surface area (Å²) in [6.45, 7) is 1.66. The molecule has 17 heavy (non-hydrogen) atoms. The molecule has 0 atom stereocenters. The van der Waals surface area contributed by atoms with Gasteiger partial charge in [-0.25, -0.2) is 4.79 Å². The summed E-state index contributed by atoms with van der Waals surface area (Å²) in [6.07, 6.45) is -5.03. The van der Waals surface area contributed by atoms with Gasteiger partial charge in [0, 0.05) is 4.47 Å². The lowest BCUT2D eigenvalue weighted by Crippen LogP contribution is -2.28. The zero-order valence-corrected chi connectivity index (χ0v) is 12.9. The van der Waals surface area contributed by atoms with Gasteiger partial charge in [0.2, 0.25) is 0 Å². The van der Waals surface area contributed by atoms with E-state index in [4.69, 9.17) is 0 Å². The van der Waals surface area contributed by atoms with Crippen molar-refractivity contribution in [1.82, 2.24) is 0 Å². The Balaban J connectivity index is 3.17. The van der Waals surface area contributed by atoms with Gasteiger partial charge in [-0.3, -0.25) is 0 Å². The molecular weight excluding hydrogens is 437 g/mol. The highest BCUT2D eigenvalue weighted by atomic mass is 79.9. The number of rotatable bonds is 1. The van der Waals surface area contributed by atoms with Crippen molar-refractivity contribution in [3.8, 4) is 5.75 Å². The highest BCUT2D eigenvalue weighted by Gasteiger charge is 2.42. The second-order valence-corrected chi connectivity index (χ2v) is 5.50. The largest absolute Gasteiger partial charge is 0.491 e. The highest BCUT2D eigenvalue weighted by molar-refractivity contribution is 9.11. The number of hydrogen-bond donors (Lipinski definition) is 0. The van der Waals surface area contributed by atoms with Crippen LogP contribution in [0.15, 0.2) is 19.5 Å². The van der Waals surface area contributed by atoms with E-state index in [-0.39, 0.29) is 14.7 Å². The first-order valence-electron chi connectivity index (χ1n) is 4.07. The molecule has 0 spiro atoms. The van der Waals surface area contributed by atoms with E-state index in [0.29, 0.717) is 10.0 Å². The monoisotopic (exact) mass is 438 g/mol. The number of ether oxygens (including phenoxy) is 1. The summed E-state index contributed by atoms with van der Waals surface area (Å²) in [6, 6.07) is 1.50. The summed E-state index contributed by atoms with van der Waals surface area (Å²) in [4.78, 5) is 10.7. The Morgan fingerprint density at radius 3 is 2.24 bits per heavy atom. The van der Waals surface area contributed by atoms with Crippen LogP contribution in [-0.2, 0) is 4.79 Å². The van der Waals surface area contributed by atoms with E-state index < -0.39 is 12.1 Å². The van der Waals surface area contributed by atoms with Crippen LogP contribution < -0.4 is 4.74 Å². The maximum atomic E-state index is 12.1. The van der Waals surface area contributed by atoms with Crippen molar-refractivity contribution >= 4 is 53.8 Å². The van der Waals surface area contributed by atoms with Gasteiger partial charge in [0.25, 0.3) is 0 Å². The molecule has 0 aliphatic rings. The summed E-state index contributed by atoms with van der Waals surface area (Å²) in [5.41, 5.74) is 0.623. The Kier molecular flexibility index (Phi) is 4.65. The Bertz CT molecular complexity index is 472. The van der Waals surface area contributed by atoms with Crippen LogP contribution in [0.3, 0.4) is 0 Å². The van der Waals surface area contributed by atoms with Crippen LogP contribution in [0.5, 0.6) is 5.75 Å². The van der Waals surface area contributed by atoms with Crippen molar-refractivity contribution in [2.75, 3.05) is 0 Å². The Labute approximate surface area is 120 Å². The van der Waals surface area contributed by atoms with Gasteiger partial charge in [-0.05, 0) is 50.4 Å². The lowest BCUT2D eigenvalue weighted by molar-refractivity contribution is -0.189. The van der Waals surface area contributed by atoms with E-state index in [1.54, 1.807) is 6.92 Å². The summed E-state index contributed by atoms with van der Waals surface area (Å²) < 4.78 is 41.7. The van der Waals surface area contributed by atoms with Gasteiger partial charge in [0.15, 0.2) is 5.75 Å². The normalized spacial score (nSPS) is 11.5. The average Bonchev–Trinajstić information content (AvgIpc) is 2.19. The van der Waals surface area contributed by atoms with E-state index in [1.165, 1.54) is 6.07 Å². The van der Waals surface area contributed by atoms with E-state index >= 15 is 0 Å². The van der Waals surface area contributed by atoms with Crippen LogP contribution in [0.1, 0.15) is 5.56 Å². The van der Waals surface area contributed by atoms with Crippen molar-refractivity contribution in [2.24, 2.45) is 0 Å². The maximum Gasteiger partial charge on any atom is 0.491 e. The topological polar surface area (TPSA) is 26.3 Å². The molecular formula is C9H4Br3F3O2. The highest BCUT2D eigenvalue weighted by Crippen LogP contribution is 2.40. The number of alkyl halides is 3. The summed E-state index contributed by atoms with van der Waals surface area (Å²) in [5.74, 6) is -2.46. The SMILES string of the molecule is Cc1c(Br)cc(Br)c(OC(=O)C(F)(F)F)c1Br. The molecule has 0 fully saturated rings. The molecule has 0 aliphatic carbocycles. The van der Waals surface area contributed by atoms with Gasteiger partial charge in [-0.2, -0.15) is 13.2 Å². The summed E-state index contributed by atoms with van der Waals surface area (Å²) in [7, 11) is 0. The molecule has 0 N–H and O–H groups in total. The van der Waals surface area contributed by atoms with Gasteiger partial charge in [0.1, 0.15) is 0 Å². The Hall–Kier alpha value is -0.0800. The first-order chi connectivity index (χ1) is 7.64. The molecule has 2 nitrogen and oxygen atoms in total. The number of hydrogen-bond acceptors (Lipinski definition) is 2. The second-order valence-electron chi connectivity index (χ2n) is 3.00. The van der Waals surface area contributed by atoms with Crippen molar-refractivity contribution < 1.29 is 22.7 Å². The van der Waals surface area contributed by atoms with Gasteiger partial charge in [-0.1, -0.05) is 15.9 Å². The number of benzene rings is 1. The van der Waals surface area contributed by atoms with E-state index in [9.17, 15) is 18.0 Å². The second kappa shape index (κ2) is 5.27. The number of esters is 1. The van der Waals surface area contributed by atoms with Crippen molar-refractivity contribution in [2.45, 2.75) is 13.1 Å². The minimum atomic E-state index is -5.03. The molecule has 0 bridgehead atoms. The number of carbonyl (C=O) groups is 1. The van der Waals surface area contributed by atoms with E-state index in [1.807, 2.05) is 0 Å². The minimum absolute atomic E-state index is 0.201. The predicted octanol–water partition coefficient (Wildman–Crippen LogP) is 4.75. The maximum absolute atomic E-state index is 12.1. The molecule has 1 aromatic carbocycles. The molecule has 0 heterocycles. The molecule has 0 aliphatic heterocycles. The van der Waals surface area contributed by atoms with Crippen LogP contribution in [-0.4, -0.2) is 12.1 Å². The van der Waals surface area contributed by atoms with Crippen molar-refractivity contribution in [3.05, 3.63) is 25.0 Å². The first kappa shape index (κ1) is 15.0. The third-order valence-corrected chi connectivity index (χ3v) is 4.15. The van der Waals surface area contributed by atoms with Gasteiger partial charge in [0.05, 0.1) is 8.95 Å². The molecule has 0 radical (unpaired) electrons. The molecule has 0 amide bonds. The zero-order chi connectivity index (χ0) is 13.4. The van der Waals surface area contributed by atoms with Crippen molar-refractivity contribution in [1.29, 1.82) is 0 Å². The predicted molar refractivity (Wildman–Crippen MR) is 66.0 cm³/mol. The van der Waals surface area contributed by atoms with Crippen LogP contribution in [0.4, 0.5) is 13.2 Å². The molecule has 0 saturated carbocycles. The van der Waals surface area contributed by atoms with Gasteiger partial charge in [-0.15, -0.1) is 0 Å². The Morgan fingerprint density at radius 1 is 1.24 bits per heavy atom. The standard InChI is InChI=1S/C9H4Br3F3O2/c1-3-4(10)2-5(11)7(6(3)12)17-8(16)9(13,14)15/h2H,1H3. The molecule has 94 valence electrons. The molecule has 8 heteroatoms. The fraction of sp³-hybridized carbons (Fsp3) is 0.222. The smallest absolute Gasteiger partial charge is 0.417 e. The van der Waals surface area contributed by atoms with Crippen LogP contribution >= 0.6 is 47.8 Å². The molecule has 1 aromatic rings. The average molecular weight is 441 g/mol. The van der Waals surface area contributed by atoms with Crippen LogP contribution in [0, 0.1) is 6.92 Å². The van der Waals surface area contributed by atoms with Gasteiger partial charge >= 0.3 is 12.1 Å². The Morgan fingerprint density at radius 2 is 1.76 bits per heavy atom. The minimum Gasteiger partial charge on any atom is -0.417 e. The number of halogens is 6. The van der Waals surface area contributed by atoms with E-state index in [2.05, 4.69) is 52.5 Å². The fourth-order valence-electron chi connectivity index (χ4n) is 0.909. The van der Waals surface area contributed by atoms with E-state index in [0.717, 1.165) is 0 Å². The first-order valence-corrected chi connectivity index (χ1v) is 6.45. The summed E-state index contributed by atoms with van der Waals surface area (Å²) in [5, 5.41) is 0. The fourth-order valence-corrected chi connectivity index (χ4v) is 3.19. The molecule has 0 saturated heterocycles. The lowest BCUT2D eigenvalue weighted by Gasteiger charge is -2.12. The zero-order valence-electron chi connectivity index (χ0n) is 8.16. The van der Waals surface area contributed by atoms with Gasteiger partial charge < -0.3 is 4.74 Å². The molecule has 0 aromatic heterocycles. The molecule has 0 unspecified atom stereocenters. The third kappa shape index (κ3) is 3.45. The summed E-state index contributed by atoms with van der Waals surface area (Å²) >= 11 is 9.31. The van der Waals surface area contributed by atoms with Crippen LogP contribution in [0.2, 0.25) is 0 Å².